The zero-order valence-corrected chi connectivity index (χ0v) is 13.4. The molecular formula is C17H24N2O2. The molecule has 0 bridgehead atoms. The van der Waals surface area contributed by atoms with Gasteiger partial charge >= 0.3 is 0 Å². The SMILES string of the molecule is CC(C)[C@@]1(O)CC(C(C)(C)C)=NN1C(=O)c1ccccc1. The maximum atomic E-state index is 12.7. The van der Waals surface area contributed by atoms with Crippen LogP contribution in [0.25, 0.3) is 0 Å². The van der Waals surface area contributed by atoms with E-state index in [1.165, 1.54) is 5.01 Å². The maximum Gasteiger partial charge on any atom is 0.276 e. The summed E-state index contributed by atoms with van der Waals surface area (Å²) in [5, 5.41) is 16.7. The highest BCUT2D eigenvalue weighted by atomic mass is 16.3. The van der Waals surface area contributed by atoms with Gasteiger partial charge in [0.25, 0.3) is 5.91 Å². The van der Waals surface area contributed by atoms with Gasteiger partial charge < -0.3 is 5.11 Å². The number of carbonyl (C=O) groups excluding carboxylic acids is 1. The minimum Gasteiger partial charge on any atom is -0.368 e. The first-order chi connectivity index (χ1) is 9.66. The molecule has 0 aliphatic carbocycles. The fourth-order valence-electron chi connectivity index (χ4n) is 2.35. The quantitative estimate of drug-likeness (QED) is 0.908. The first-order valence-corrected chi connectivity index (χ1v) is 7.36. The summed E-state index contributed by atoms with van der Waals surface area (Å²) in [5.74, 6) is -0.361. The molecular weight excluding hydrogens is 264 g/mol. The van der Waals surface area contributed by atoms with Crippen LogP contribution in [0.1, 0.15) is 51.4 Å². The van der Waals surface area contributed by atoms with Crippen LogP contribution in [0.2, 0.25) is 0 Å². The molecule has 0 unspecified atom stereocenters. The Morgan fingerprint density at radius 1 is 1.29 bits per heavy atom. The van der Waals surface area contributed by atoms with Crippen LogP contribution < -0.4 is 0 Å². The molecule has 21 heavy (non-hydrogen) atoms. The molecule has 1 aliphatic heterocycles. The molecule has 0 fully saturated rings. The van der Waals surface area contributed by atoms with Crippen molar-refractivity contribution in [1.82, 2.24) is 5.01 Å². The van der Waals surface area contributed by atoms with E-state index in [0.717, 1.165) is 5.71 Å². The Labute approximate surface area is 126 Å². The smallest absolute Gasteiger partial charge is 0.276 e. The monoisotopic (exact) mass is 288 g/mol. The van der Waals surface area contributed by atoms with Gasteiger partial charge in [-0.05, 0) is 12.1 Å². The lowest BCUT2D eigenvalue weighted by atomic mass is 9.83. The minimum atomic E-state index is -1.25. The maximum absolute atomic E-state index is 12.7. The molecule has 0 radical (unpaired) electrons. The van der Waals surface area contributed by atoms with Gasteiger partial charge in [0.05, 0.1) is 0 Å². The lowest BCUT2D eigenvalue weighted by Crippen LogP contribution is -2.50. The summed E-state index contributed by atoms with van der Waals surface area (Å²) in [7, 11) is 0. The summed E-state index contributed by atoms with van der Waals surface area (Å²) >= 11 is 0. The average molecular weight is 288 g/mol. The largest absolute Gasteiger partial charge is 0.368 e. The third kappa shape index (κ3) is 2.86. The van der Waals surface area contributed by atoms with E-state index in [4.69, 9.17) is 0 Å². The van der Waals surface area contributed by atoms with Gasteiger partial charge in [0.1, 0.15) is 0 Å². The highest BCUT2D eigenvalue weighted by molar-refractivity contribution is 5.99. The molecule has 4 heteroatoms. The van der Waals surface area contributed by atoms with Crippen LogP contribution in [-0.4, -0.2) is 27.5 Å². The summed E-state index contributed by atoms with van der Waals surface area (Å²) in [6.45, 7) is 9.95. The Kier molecular flexibility index (Phi) is 3.93. The Balaban J connectivity index is 2.42. The number of carbonyl (C=O) groups is 1. The number of benzene rings is 1. The third-order valence-corrected chi connectivity index (χ3v) is 4.02. The van der Waals surface area contributed by atoms with Crippen molar-refractivity contribution in [1.29, 1.82) is 0 Å². The van der Waals surface area contributed by atoms with Crippen molar-refractivity contribution in [3.8, 4) is 0 Å². The van der Waals surface area contributed by atoms with Crippen LogP contribution in [0.3, 0.4) is 0 Å². The second-order valence-corrected chi connectivity index (χ2v) is 6.99. The van der Waals surface area contributed by atoms with E-state index in [-0.39, 0.29) is 17.2 Å². The van der Waals surface area contributed by atoms with Crippen molar-refractivity contribution >= 4 is 11.6 Å². The molecule has 1 atom stereocenters. The lowest BCUT2D eigenvalue weighted by molar-refractivity contribution is -0.104. The second-order valence-electron chi connectivity index (χ2n) is 6.99. The second kappa shape index (κ2) is 5.26. The van der Waals surface area contributed by atoms with Crippen molar-refractivity contribution in [2.24, 2.45) is 16.4 Å². The first-order valence-electron chi connectivity index (χ1n) is 7.36. The van der Waals surface area contributed by atoms with E-state index in [1.54, 1.807) is 12.1 Å². The summed E-state index contributed by atoms with van der Waals surface area (Å²) in [5.41, 5.74) is -0.0390. The number of hydrazone groups is 1. The number of nitrogens with zero attached hydrogens (tertiary/aromatic N) is 2. The lowest BCUT2D eigenvalue weighted by Gasteiger charge is -2.34. The van der Waals surface area contributed by atoms with E-state index < -0.39 is 5.72 Å². The molecule has 2 rings (SSSR count). The fourth-order valence-corrected chi connectivity index (χ4v) is 2.35. The van der Waals surface area contributed by atoms with E-state index in [2.05, 4.69) is 5.10 Å². The van der Waals surface area contributed by atoms with Crippen molar-refractivity contribution in [2.75, 3.05) is 0 Å². The van der Waals surface area contributed by atoms with Crippen molar-refractivity contribution in [3.63, 3.8) is 0 Å². The van der Waals surface area contributed by atoms with Crippen LogP contribution in [0.4, 0.5) is 0 Å². The van der Waals surface area contributed by atoms with E-state index in [9.17, 15) is 9.90 Å². The van der Waals surface area contributed by atoms with Gasteiger partial charge in [0.15, 0.2) is 5.72 Å². The molecule has 4 nitrogen and oxygen atoms in total. The fraction of sp³-hybridized carbons (Fsp3) is 0.529. The Morgan fingerprint density at radius 3 is 2.33 bits per heavy atom. The van der Waals surface area contributed by atoms with Crippen LogP contribution >= 0.6 is 0 Å². The van der Waals surface area contributed by atoms with Crippen LogP contribution in [-0.2, 0) is 0 Å². The van der Waals surface area contributed by atoms with Gasteiger partial charge in [-0.2, -0.15) is 10.1 Å². The van der Waals surface area contributed by atoms with Gasteiger partial charge in [-0.15, -0.1) is 0 Å². The molecule has 0 saturated heterocycles. The van der Waals surface area contributed by atoms with Crippen molar-refractivity contribution in [3.05, 3.63) is 35.9 Å². The molecule has 1 aliphatic rings. The highest BCUT2D eigenvalue weighted by Crippen LogP contribution is 2.38. The standard InChI is InChI=1S/C17H24N2O2/c1-12(2)17(21)11-14(16(3,4)5)18-19(17)15(20)13-9-7-6-8-10-13/h6-10,12,21H,11H2,1-5H3/t17-/m0/s1. The van der Waals surface area contributed by atoms with Crippen LogP contribution in [0.15, 0.2) is 35.4 Å². The molecule has 0 aromatic heterocycles. The number of hydrogen-bond acceptors (Lipinski definition) is 3. The van der Waals surface area contributed by atoms with Gasteiger partial charge in [0, 0.05) is 29.0 Å². The predicted molar refractivity (Wildman–Crippen MR) is 83.9 cm³/mol. The zero-order valence-electron chi connectivity index (χ0n) is 13.4. The zero-order chi connectivity index (χ0) is 15.8. The van der Waals surface area contributed by atoms with Gasteiger partial charge in [0.2, 0.25) is 0 Å². The van der Waals surface area contributed by atoms with Gasteiger partial charge in [-0.1, -0.05) is 52.8 Å². The summed E-state index contributed by atoms with van der Waals surface area (Å²) in [4.78, 5) is 12.7. The number of aliphatic hydroxyl groups is 1. The molecule has 1 amide bonds. The number of hydrogen-bond donors (Lipinski definition) is 1. The third-order valence-electron chi connectivity index (χ3n) is 4.02. The first kappa shape index (κ1) is 15.7. The van der Waals surface area contributed by atoms with Crippen LogP contribution in [0.5, 0.6) is 0 Å². The van der Waals surface area contributed by atoms with Gasteiger partial charge in [-0.25, -0.2) is 0 Å². The normalized spacial score (nSPS) is 22.6. The van der Waals surface area contributed by atoms with E-state index in [1.807, 2.05) is 52.8 Å². The molecule has 0 spiro atoms. The number of amides is 1. The molecule has 0 saturated carbocycles. The Bertz CT molecular complexity index is 558. The molecule has 1 heterocycles. The van der Waals surface area contributed by atoms with E-state index in [0.29, 0.717) is 12.0 Å². The molecule has 1 N–H and O–H groups in total. The Morgan fingerprint density at radius 2 is 1.86 bits per heavy atom. The van der Waals surface area contributed by atoms with Crippen molar-refractivity contribution in [2.45, 2.75) is 46.8 Å². The van der Waals surface area contributed by atoms with Crippen LogP contribution in [0, 0.1) is 11.3 Å². The molecule has 1 aromatic carbocycles. The van der Waals surface area contributed by atoms with E-state index >= 15 is 0 Å². The number of rotatable bonds is 2. The Hall–Kier alpha value is -1.68. The van der Waals surface area contributed by atoms with Crippen molar-refractivity contribution < 1.29 is 9.90 Å². The topological polar surface area (TPSA) is 52.9 Å². The van der Waals surface area contributed by atoms with Gasteiger partial charge in [-0.3, -0.25) is 4.79 Å². The summed E-state index contributed by atoms with van der Waals surface area (Å²) < 4.78 is 0. The minimum absolute atomic E-state index is 0.103. The summed E-state index contributed by atoms with van der Waals surface area (Å²) in [6.07, 6.45) is 0.396. The predicted octanol–water partition coefficient (Wildman–Crippen LogP) is 3.28. The molecule has 1 aromatic rings. The highest BCUT2D eigenvalue weighted by Gasteiger charge is 2.48. The average Bonchev–Trinajstić information content (AvgIpc) is 2.78. The molecule has 114 valence electrons. The summed E-state index contributed by atoms with van der Waals surface area (Å²) in [6, 6.07) is 8.97.